The molecule has 39 heavy (non-hydrogen) atoms. The smallest absolute Gasteiger partial charge is 0.325 e. The summed E-state index contributed by atoms with van der Waals surface area (Å²) >= 11 is 1.96. The molecule has 9 nitrogen and oxygen atoms in total. The van der Waals surface area contributed by atoms with E-state index >= 15 is 0 Å². The van der Waals surface area contributed by atoms with E-state index in [0.717, 1.165) is 10.5 Å². The molecule has 202 valence electrons. The summed E-state index contributed by atoms with van der Waals surface area (Å²) in [6, 6.07) is 16.9. The Hall–Kier alpha value is -3.84. The summed E-state index contributed by atoms with van der Waals surface area (Å²) in [7, 11) is 3.57. The zero-order chi connectivity index (χ0) is 28.1. The highest BCUT2D eigenvalue weighted by atomic mass is 127. The summed E-state index contributed by atoms with van der Waals surface area (Å²) in [6.45, 7) is 0.213. The van der Waals surface area contributed by atoms with Gasteiger partial charge in [-0.1, -0.05) is 42.5 Å². The number of nitrogens with one attached hydrogen (secondary N) is 3. The second kappa shape index (κ2) is 12.3. The Kier molecular flexibility index (Phi) is 8.92. The third kappa shape index (κ3) is 6.98. The largest absolute Gasteiger partial charge is 0.325 e. The number of hydrogen-bond donors (Lipinski definition) is 3. The van der Waals surface area contributed by atoms with E-state index in [4.69, 9.17) is 0 Å². The Bertz CT molecular complexity index is 1380. The molecule has 1 aliphatic rings. The van der Waals surface area contributed by atoms with Gasteiger partial charge in [0.1, 0.15) is 17.9 Å². The molecule has 2 atom stereocenters. The van der Waals surface area contributed by atoms with Crippen molar-refractivity contribution in [1.29, 1.82) is 0 Å². The van der Waals surface area contributed by atoms with Crippen molar-refractivity contribution >= 4 is 57.7 Å². The lowest BCUT2D eigenvalue weighted by Crippen LogP contribution is -2.49. The lowest BCUT2D eigenvalue weighted by atomic mass is 10.0. The molecule has 0 spiro atoms. The Morgan fingerprint density at radius 2 is 1.72 bits per heavy atom. The molecule has 0 aromatic heterocycles. The molecule has 1 heterocycles. The Labute approximate surface area is 238 Å². The third-order valence-electron chi connectivity index (χ3n) is 6.03. The number of carbonyl (C=O) groups excluding carboxylic acids is 4. The average Bonchev–Trinajstić information content (AvgIpc) is 3.18. The summed E-state index contributed by atoms with van der Waals surface area (Å²) in [5.41, 5.74) is 1.71. The number of hydrogen-bond acceptors (Lipinski definition) is 5. The van der Waals surface area contributed by atoms with Crippen LogP contribution in [0.25, 0.3) is 0 Å². The fourth-order valence-corrected chi connectivity index (χ4v) is 4.66. The van der Waals surface area contributed by atoms with Crippen molar-refractivity contribution in [3.8, 4) is 0 Å². The molecule has 4 rings (SSSR count). The first-order valence-corrected chi connectivity index (χ1v) is 13.2. The average molecular weight is 643 g/mol. The molecular weight excluding hydrogens is 616 g/mol. The van der Waals surface area contributed by atoms with Crippen molar-refractivity contribution in [3.63, 3.8) is 0 Å². The number of benzene rings is 3. The summed E-state index contributed by atoms with van der Waals surface area (Å²) in [5.74, 6) is -2.12. The minimum Gasteiger partial charge on any atom is -0.325 e. The predicted octanol–water partition coefficient (Wildman–Crippen LogP) is 3.77. The predicted molar refractivity (Wildman–Crippen MR) is 153 cm³/mol. The SMILES string of the molecule is CN(C)CC(=O)Nc1ccc([C@H]2NC(=O)N([C@@H](Cc3ccccc3)C(=O)Nc3ccc(I)cc3F)C2=O)cc1. The highest BCUT2D eigenvalue weighted by Gasteiger charge is 2.45. The van der Waals surface area contributed by atoms with Crippen LogP contribution < -0.4 is 16.0 Å². The summed E-state index contributed by atoms with van der Waals surface area (Å²) in [5, 5.41) is 7.95. The van der Waals surface area contributed by atoms with Crippen LogP contribution >= 0.6 is 22.6 Å². The lowest BCUT2D eigenvalue weighted by molar-refractivity contribution is -0.134. The number of nitrogens with zero attached hydrogens (tertiary/aromatic N) is 2. The van der Waals surface area contributed by atoms with Gasteiger partial charge in [0, 0.05) is 15.7 Å². The van der Waals surface area contributed by atoms with Crippen molar-refractivity contribution in [1.82, 2.24) is 15.1 Å². The van der Waals surface area contributed by atoms with Crippen molar-refractivity contribution < 1.29 is 23.6 Å². The molecule has 0 radical (unpaired) electrons. The first-order valence-electron chi connectivity index (χ1n) is 12.1. The van der Waals surface area contributed by atoms with E-state index in [1.165, 1.54) is 12.1 Å². The van der Waals surface area contributed by atoms with E-state index in [2.05, 4.69) is 16.0 Å². The lowest BCUT2D eigenvalue weighted by Gasteiger charge is -2.25. The number of carbonyl (C=O) groups is 4. The van der Waals surface area contributed by atoms with Crippen LogP contribution in [0.2, 0.25) is 0 Å². The number of urea groups is 1. The minimum absolute atomic E-state index is 0.0430. The number of likely N-dealkylation sites (N-methyl/N-ethyl adjacent to an activating group) is 1. The van der Waals surface area contributed by atoms with Crippen LogP contribution in [0, 0.1) is 9.39 Å². The van der Waals surface area contributed by atoms with Crippen LogP contribution in [0.15, 0.2) is 72.8 Å². The molecule has 0 aliphatic carbocycles. The van der Waals surface area contributed by atoms with Crippen LogP contribution in [0.1, 0.15) is 17.2 Å². The molecule has 5 amide bonds. The van der Waals surface area contributed by atoms with E-state index in [9.17, 15) is 23.6 Å². The maximum absolute atomic E-state index is 14.5. The van der Waals surface area contributed by atoms with Crippen LogP contribution in [0.3, 0.4) is 0 Å². The van der Waals surface area contributed by atoms with Crippen molar-refractivity contribution in [2.75, 3.05) is 31.3 Å². The molecule has 11 heteroatoms. The highest BCUT2D eigenvalue weighted by molar-refractivity contribution is 14.1. The molecule has 3 N–H and O–H groups in total. The van der Waals surface area contributed by atoms with Crippen LogP contribution in [0.4, 0.5) is 20.6 Å². The second-order valence-electron chi connectivity index (χ2n) is 9.32. The summed E-state index contributed by atoms with van der Waals surface area (Å²) in [6.07, 6.45) is 0.0430. The van der Waals surface area contributed by atoms with Gasteiger partial charge in [0.05, 0.1) is 12.2 Å². The number of halogens is 2. The number of anilines is 2. The van der Waals surface area contributed by atoms with Crippen molar-refractivity contribution in [3.05, 3.63) is 93.3 Å². The molecule has 3 aromatic carbocycles. The zero-order valence-corrected chi connectivity index (χ0v) is 23.4. The van der Waals surface area contributed by atoms with Gasteiger partial charge in [-0.3, -0.25) is 14.4 Å². The summed E-state index contributed by atoms with van der Waals surface area (Å²) in [4.78, 5) is 54.6. The Morgan fingerprint density at radius 1 is 1.03 bits per heavy atom. The van der Waals surface area contributed by atoms with Gasteiger partial charge in [0.25, 0.3) is 5.91 Å². The fraction of sp³-hybridized carbons (Fsp3) is 0.214. The number of imide groups is 1. The number of rotatable bonds is 9. The van der Waals surface area contributed by atoms with Crippen molar-refractivity contribution in [2.24, 2.45) is 0 Å². The van der Waals surface area contributed by atoms with Gasteiger partial charge in [-0.2, -0.15) is 0 Å². The molecule has 1 saturated heterocycles. The molecule has 0 unspecified atom stereocenters. The van der Waals surface area contributed by atoms with Gasteiger partial charge < -0.3 is 20.9 Å². The second-order valence-corrected chi connectivity index (χ2v) is 10.6. The maximum atomic E-state index is 14.5. The van der Waals surface area contributed by atoms with Crippen LogP contribution in [0.5, 0.6) is 0 Å². The van der Waals surface area contributed by atoms with E-state index in [0.29, 0.717) is 14.8 Å². The third-order valence-corrected chi connectivity index (χ3v) is 6.70. The summed E-state index contributed by atoms with van der Waals surface area (Å²) < 4.78 is 15.1. The quantitative estimate of drug-likeness (QED) is 0.243. The Balaban J connectivity index is 1.56. The molecule has 3 aromatic rings. The fourth-order valence-electron chi connectivity index (χ4n) is 4.21. The van der Waals surface area contributed by atoms with Gasteiger partial charge in [0.2, 0.25) is 11.8 Å². The van der Waals surface area contributed by atoms with Gasteiger partial charge in [0.15, 0.2) is 0 Å². The normalized spacial score (nSPS) is 15.7. The van der Waals surface area contributed by atoms with Crippen LogP contribution in [-0.4, -0.2) is 60.2 Å². The monoisotopic (exact) mass is 643 g/mol. The van der Waals surface area contributed by atoms with E-state index in [1.807, 2.05) is 28.7 Å². The first-order chi connectivity index (χ1) is 18.6. The van der Waals surface area contributed by atoms with Crippen LogP contribution in [-0.2, 0) is 20.8 Å². The standard InChI is InChI=1S/C28H27FIN5O4/c1-34(2)16-24(36)31-20-11-8-18(9-12-20)25-27(38)35(28(39)33-25)23(14-17-6-4-3-5-7-17)26(37)32-22-13-10-19(30)15-21(22)29/h3-13,15,23,25H,14,16H2,1-2H3,(H,31,36)(H,32,37)(H,33,39)/t23-,25+/m0/s1. The van der Waals surface area contributed by atoms with Gasteiger partial charge in [-0.25, -0.2) is 14.1 Å². The first kappa shape index (κ1) is 28.2. The number of amides is 5. The van der Waals surface area contributed by atoms with Gasteiger partial charge in [-0.05, 0) is 78.1 Å². The highest BCUT2D eigenvalue weighted by Crippen LogP contribution is 2.27. The zero-order valence-electron chi connectivity index (χ0n) is 21.3. The molecule has 1 aliphatic heterocycles. The van der Waals surface area contributed by atoms with E-state index in [-0.39, 0.29) is 24.6 Å². The minimum atomic E-state index is -1.23. The Morgan fingerprint density at radius 3 is 2.36 bits per heavy atom. The van der Waals surface area contributed by atoms with Crippen molar-refractivity contribution in [2.45, 2.75) is 18.5 Å². The van der Waals surface area contributed by atoms with E-state index in [1.54, 1.807) is 73.6 Å². The molecule has 1 fully saturated rings. The molecular formula is C28H27FIN5O4. The molecule has 0 bridgehead atoms. The van der Waals surface area contributed by atoms with Gasteiger partial charge >= 0.3 is 6.03 Å². The maximum Gasteiger partial charge on any atom is 0.325 e. The van der Waals surface area contributed by atoms with Gasteiger partial charge in [-0.15, -0.1) is 0 Å². The molecule has 0 saturated carbocycles. The topological polar surface area (TPSA) is 111 Å². The van der Waals surface area contributed by atoms with E-state index < -0.39 is 35.7 Å².